The number of methoxy groups -OCH3 is 2. The minimum absolute atomic E-state index is 0.0305. The molecule has 1 aliphatic heterocycles. The summed E-state index contributed by atoms with van der Waals surface area (Å²) in [4.78, 5) is 51.4. The minimum Gasteiger partial charge on any atom is -0.468 e. The van der Waals surface area contributed by atoms with Crippen LogP contribution in [0.15, 0.2) is 11.6 Å². The Bertz CT molecular complexity index is 846. The molecule has 4 aliphatic rings. The van der Waals surface area contributed by atoms with E-state index in [2.05, 4.69) is 0 Å². The number of hydrogen-bond donors (Lipinski definition) is 0. The van der Waals surface area contributed by atoms with Gasteiger partial charge in [0.25, 0.3) is 0 Å². The summed E-state index contributed by atoms with van der Waals surface area (Å²) in [6, 6.07) is 0. The highest BCUT2D eigenvalue weighted by atomic mass is 16.7. The third-order valence-corrected chi connectivity index (χ3v) is 8.72. The summed E-state index contributed by atoms with van der Waals surface area (Å²) in [6.45, 7) is 4.24. The number of carbonyl (C=O) groups excluding carboxylic acids is 4. The van der Waals surface area contributed by atoms with Crippen molar-refractivity contribution in [3.8, 4) is 0 Å². The maximum absolute atomic E-state index is 13.1. The molecular weight excluding hydrogens is 416 g/mol. The molecule has 1 heterocycles. The van der Waals surface area contributed by atoms with Gasteiger partial charge in [0, 0.05) is 30.1 Å². The lowest BCUT2D eigenvalue weighted by Crippen LogP contribution is -2.64. The van der Waals surface area contributed by atoms with E-state index in [1.807, 2.05) is 13.8 Å². The van der Waals surface area contributed by atoms with Crippen molar-refractivity contribution in [2.45, 2.75) is 58.2 Å². The predicted molar refractivity (Wildman–Crippen MR) is 111 cm³/mol. The molecule has 0 aromatic rings. The van der Waals surface area contributed by atoms with E-state index in [-0.39, 0.29) is 24.2 Å². The van der Waals surface area contributed by atoms with Crippen molar-refractivity contribution in [3.05, 3.63) is 11.6 Å². The Morgan fingerprint density at radius 1 is 1.19 bits per heavy atom. The molecule has 8 nitrogen and oxygen atoms in total. The first-order valence-corrected chi connectivity index (χ1v) is 11.5. The number of aldehydes is 1. The van der Waals surface area contributed by atoms with Crippen LogP contribution in [0.2, 0.25) is 0 Å². The molecule has 176 valence electrons. The molecule has 0 spiro atoms. The van der Waals surface area contributed by atoms with Crippen molar-refractivity contribution in [2.24, 2.45) is 34.5 Å². The largest absolute Gasteiger partial charge is 0.468 e. The van der Waals surface area contributed by atoms with Crippen LogP contribution in [0.1, 0.15) is 52.4 Å². The Morgan fingerprint density at radius 3 is 2.47 bits per heavy atom. The van der Waals surface area contributed by atoms with E-state index in [0.717, 1.165) is 18.3 Å². The van der Waals surface area contributed by atoms with Crippen LogP contribution in [0.4, 0.5) is 0 Å². The van der Waals surface area contributed by atoms with E-state index in [9.17, 15) is 19.2 Å². The molecule has 0 N–H and O–H groups in total. The fourth-order valence-electron chi connectivity index (χ4n) is 7.55. The van der Waals surface area contributed by atoms with E-state index < -0.39 is 40.4 Å². The maximum atomic E-state index is 13.1. The topological polar surface area (TPSA) is 105 Å². The van der Waals surface area contributed by atoms with Gasteiger partial charge in [-0.2, -0.15) is 0 Å². The first-order valence-electron chi connectivity index (χ1n) is 11.5. The lowest BCUT2D eigenvalue weighted by Gasteiger charge is -2.61. The number of hydrogen-bond acceptors (Lipinski definition) is 8. The molecule has 0 radical (unpaired) electrons. The lowest BCUT2D eigenvalue weighted by molar-refractivity contribution is -0.239. The quantitative estimate of drug-likeness (QED) is 0.274. The van der Waals surface area contributed by atoms with Gasteiger partial charge in [0.05, 0.1) is 14.2 Å². The molecule has 8 heteroatoms. The second kappa shape index (κ2) is 7.97. The summed E-state index contributed by atoms with van der Waals surface area (Å²) in [5.41, 5.74) is -1.63. The zero-order chi connectivity index (χ0) is 23.3. The molecule has 0 aromatic heterocycles. The SMILES string of the molecule is CCO[C@@]12C[C@H]3[C@@H](CCC4C(C(=O)OC)(C(=O)OC)CCC[C@@]43C=O)[C@@H](C)C1=CC(=O)O2. The summed E-state index contributed by atoms with van der Waals surface area (Å²) in [5, 5.41) is 0. The molecule has 0 amide bonds. The number of carbonyl (C=O) groups is 4. The van der Waals surface area contributed by atoms with Crippen LogP contribution < -0.4 is 0 Å². The Balaban J connectivity index is 1.84. The van der Waals surface area contributed by atoms with E-state index in [1.165, 1.54) is 20.3 Å². The number of ether oxygens (including phenoxy) is 4. The summed E-state index contributed by atoms with van der Waals surface area (Å²) in [6.07, 6.45) is 5.42. The Morgan fingerprint density at radius 2 is 1.88 bits per heavy atom. The van der Waals surface area contributed by atoms with Gasteiger partial charge in [-0.25, -0.2) is 4.79 Å². The summed E-state index contributed by atoms with van der Waals surface area (Å²) in [7, 11) is 2.52. The van der Waals surface area contributed by atoms with Crippen LogP contribution >= 0.6 is 0 Å². The summed E-state index contributed by atoms with van der Waals surface area (Å²) in [5.74, 6) is -3.59. The van der Waals surface area contributed by atoms with E-state index in [4.69, 9.17) is 18.9 Å². The zero-order valence-corrected chi connectivity index (χ0v) is 19.2. The zero-order valence-electron chi connectivity index (χ0n) is 19.2. The average Bonchev–Trinajstić information content (AvgIpc) is 3.13. The minimum atomic E-state index is -1.52. The normalized spacial score (nSPS) is 39.5. The van der Waals surface area contributed by atoms with E-state index >= 15 is 0 Å². The highest BCUT2D eigenvalue weighted by molar-refractivity contribution is 6.01. The van der Waals surface area contributed by atoms with Crippen molar-refractivity contribution >= 4 is 24.2 Å². The maximum Gasteiger partial charge on any atom is 0.333 e. The fourth-order valence-corrected chi connectivity index (χ4v) is 7.55. The van der Waals surface area contributed by atoms with Crippen molar-refractivity contribution in [1.82, 2.24) is 0 Å². The van der Waals surface area contributed by atoms with Gasteiger partial charge in [-0.1, -0.05) is 13.3 Å². The molecule has 4 rings (SSSR count). The molecule has 32 heavy (non-hydrogen) atoms. The molecule has 0 saturated heterocycles. The third-order valence-electron chi connectivity index (χ3n) is 8.72. The van der Waals surface area contributed by atoms with Gasteiger partial charge < -0.3 is 23.7 Å². The van der Waals surface area contributed by atoms with Gasteiger partial charge in [0.1, 0.15) is 6.29 Å². The summed E-state index contributed by atoms with van der Waals surface area (Å²) >= 11 is 0. The van der Waals surface area contributed by atoms with Crippen LogP contribution in [0.5, 0.6) is 0 Å². The van der Waals surface area contributed by atoms with Gasteiger partial charge >= 0.3 is 17.9 Å². The van der Waals surface area contributed by atoms with Gasteiger partial charge in [0.2, 0.25) is 5.79 Å². The second-order valence-electron chi connectivity index (χ2n) is 9.64. The fraction of sp³-hybridized carbons (Fsp3) is 0.750. The molecule has 3 fully saturated rings. The average molecular weight is 449 g/mol. The van der Waals surface area contributed by atoms with Crippen molar-refractivity contribution in [1.29, 1.82) is 0 Å². The molecule has 3 saturated carbocycles. The van der Waals surface area contributed by atoms with E-state index in [1.54, 1.807) is 0 Å². The van der Waals surface area contributed by atoms with Gasteiger partial charge in [-0.15, -0.1) is 0 Å². The molecule has 0 aromatic carbocycles. The number of esters is 3. The van der Waals surface area contributed by atoms with Gasteiger partial charge in [-0.3, -0.25) is 9.59 Å². The number of rotatable bonds is 5. The first kappa shape index (κ1) is 23.0. The monoisotopic (exact) mass is 448 g/mol. The second-order valence-corrected chi connectivity index (χ2v) is 9.64. The van der Waals surface area contributed by atoms with Crippen molar-refractivity contribution < 1.29 is 38.1 Å². The molecule has 1 unspecified atom stereocenters. The van der Waals surface area contributed by atoms with Crippen molar-refractivity contribution in [3.63, 3.8) is 0 Å². The highest BCUT2D eigenvalue weighted by Crippen LogP contribution is 2.67. The predicted octanol–water partition coefficient (Wildman–Crippen LogP) is 2.59. The van der Waals surface area contributed by atoms with Crippen LogP contribution in [0, 0.1) is 34.5 Å². The van der Waals surface area contributed by atoms with Crippen LogP contribution in [0.25, 0.3) is 0 Å². The van der Waals surface area contributed by atoms with E-state index in [0.29, 0.717) is 32.3 Å². The van der Waals surface area contributed by atoms with Crippen LogP contribution in [-0.2, 0) is 38.1 Å². The third kappa shape index (κ3) is 2.84. The van der Waals surface area contributed by atoms with Gasteiger partial charge in [-0.05, 0) is 56.3 Å². The molecule has 6 atom stereocenters. The Kier molecular flexibility index (Phi) is 5.72. The van der Waals surface area contributed by atoms with Crippen LogP contribution in [-0.4, -0.2) is 50.8 Å². The standard InChI is InChI=1S/C24H32O8/c1-5-31-24-12-17-15(14(2)16(24)11-19(26)32-24)7-8-18-22(17,13-25)9-6-10-23(18,20(27)29-3)21(28)30-4/h11,13-15,17-18H,5-10,12H2,1-4H3/t14-,15+,17+,18?,22+,24-/m1/s1. The summed E-state index contributed by atoms with van der Waals surface area (Å²) < 4.78 is 21.9. The van der Waals surface area contributed by atoms with Gasteiger partial charge in [0.15, 0.2) is 5.41 Å². The first-order chi connectivity index (χ1) is 15.3. The Labute approximate surface area is 188 Å². The smallest absolute Gasteiger partial charge is 0.333 e. The molecular formula is C24H32O8. The molecule has 3 aliphatic carbocycles. The van der Waals surface area contributed by atoms with Crippen molar-refractivity contribution in [2.75, 3.05) is 20.8 Å². The Hall–Kier alpha value is -2.22. The van der Waals surface area contributed by atoms with Crippen LogP contribution in [0.3, 0.4) is 0 Å². The number of fused-ring (bicyclic) bond motifs is 4. The highest BCUT2D eigenvalue weighted by Gasteiger charge is 2.70. The molecule has 0 bridgehead atoms. The lowest BCUT2D eigenvalue weighted by atomic mass is 9.42.